The zero-order valence-electron chi connectivity index (χ0n) is 17.1. The Morgan fingerprint density at radius 3 is 2.82 bits per heavy atom. The van der Waals surface area contributed by atoms with Crippen LogP contribution in [0.25, 0.3) is 10.2 Å². The lowest BCUT2D eigenvalue weighted by Gasteiger charge is -2.19. The van der Waals surface area contributed by atoms with Gasteiger partial charge < -0.3 is 15.2 Å². The topological polar surface area (TPSA) is 122 Å². The summed E-state index contributed by atoms with van der Waals surface area (Å²) in [5, 5.41) is 19.8. The third-order valence-corrected chi connectivity index (χ3v) is 7.26. The fraction of sp³-hybridized carbons (Fsp3) is 0.0455. The SMILES string of the molecule is COc1cccc(/C=N/n2c(=O)c(C3=NS(=O)(=O)c4ccccc4N3)c(O)c3sccc32)c1. The quantitative estimate of drug-likeness (QED) is 0.433. The molecule has 0 fully saturated rings. The number of nitrogens with one attached hydrogen (secondary N) is 1. The number of ether oxygens (including phenoxy) is 1. The van der Waals surface area contributed by atoms with Gasteiger partial charge in [0.2, 0.25) is 0 Å². The number of hydrogen-bond donors (Lipinski definition) is 2. The standard InChI is InChI=1S/C22H16N4O5S2/c1-31-14-6-4-5-13(11-14)12-23-26-16-9-10-32-20(16)19(27)18(22(26)28)21-24-15-7-2-3-8-17(15)33(29,30)25-21/h2-12,27H,1H3,(H,24,25)/b23-12+. The lowest BCUT2D eigenvalue weighted by Crippen LogP contribution is -2.31. The lowest BCUT2D eigenvalue weighted by atomic mass is 10.2. The van der Waals surface area contributed by atoms with Crippen molar-refractivity contribution in [2.45, 2.75) is 4.90 Å². The van der Waals surface area contributed by atoms with Gasteiger partial charge in [-0.05, 0) is 41.3 Å². The number of nitrogens with zero attached hydrogens (tertiary/aromatic N) is 3. The van der Waals surface area contributed by atoms with E-state index in [0.29, 0.717) is 21.5 Å². The number of sulfonamides is 1. The van der Waals surface area contributed by atoms with Crippen LogP contribution in [0.1, 0.15) is 11.1 Å². The van der Waals surface area contributed by atoms with Crippen molar-refractivity contribution in [3.05, 3.63) is 81.5 Å². The molecule has 0 spiro atoms. The Hall–Kier alpha value is -3.96. The summed E-state index contributed by atoms with van der Waals surface area (Å²) in [6.07, 6.45) is 1.48. The van der Waals surface area contributed by atoms with Crippen LogP contribution in [-0.2, 0) is 10.0 Å². The van der Waals surface area contributed by atoms with Gasteiger partial charge in [0.15, 0.2) is 11.6 Å². The number of aromatic nitrogens is 1. The molecule has 0 radical (unpaired) electrons. The highest BCUT2D eigenvalue weighted by Gasteiger charge is 2.30. The molecule has 33 heavy (non-hydrogen) atoms. The van der Waals surface area contributed by atoms with Crippen molar-refractivity contribution < 1.29 is 18.3 Å². The van der Waals surface area contributed by atoms with Crippen molar-refractivity contribution >= 4 is 49.3 Å². The van der Waals surface area contributed by atoms with E-state index in [2.05, 4.69) is 14.8 Å². The van der Waals surface area contributed by atoms with E-state index in [-0.39, 0.29) is 27.7 Å². The van der Waals surface area contributed by atoms with Gasteiger partial charge in [0.05, 0.1) is 29.2 Å². The van der Waals surface area contributed by atoms with Gasteiger partial charge in [0.25, 0.3) is 15.6 Å². The Labute approximate surface area is 192 Å². The average Bonchev–Trinajstić information content (AvgIpc) is 3.29. The highest BCUT2D eigenvalue weighted by Crippen LogP contribution is 2.34. The first-order valence-corrected chi connectivity index (χ1v) is 12.0. The maximum absolute atomic E-state index is 13.4. The molecule has 3 heterocycles. The molecule has 2 aromatic carbocycles. The van der Waals surface area contributed by atoms with Crippen LogP contribution in [-0.4, -0.2) is 37.4 Å². The van der Waals surface area contributed by atoms with E-state index in [1.807, 2.05) is 0 Å². The molecule has 0 atom stereocenters. The largest absolute Gasteiger partial charge is 0.505 e. The molecule has 0 saturated carbocycles. The maximum Gasteiger partial charge on any atom is 0.286 e. The summed E-state index contributed by atoms with van der Waals surface area (Å²) in [5.74, 6) is -0.00139. The van der Waals surface area contributed by atoms with E-state index in [1.54, 1.807) is 61.0 Å². The van der Waals surface area contributed by atoms with Crippen LogP contribution in [0.15, 0.2) is 79.2 Å². The molecular formula is C22H16N4O5S2. The van der Waals surface area contributed by atoms with Crippen LogP contribution in [0.2, 0.25) is 0 Å². The van der Waals surface area contributed by atoms with Gasteiger partial charge in [-0.1, -0.05) is 24.3 Å². The van der Waals surface area contributed by atoms with Crippen LogP contribution in [0.3, 0.4) is 0 Å². The highest BCUT2D eigenvalue weighted by atomic mass is 32.2. The molecule has 0 bridgehead atoms. The van der Waals surface area contributed by atoms with Gasteiger partial charge >= 0.3 is 0 Å². The number of hydrogen-bond acceptors (Lipinski definition) is 8. The highest BCUT2D eigenvalue weighted by molar-refractivity contribution is 7.90. The molecule has 2 N–H and O–H groups in total. The number of benzene rings is 2. The predicted octanol–water partition coefficient (Wildman–Crippen LogP) is 3.22. The van der Waals surface area contributed by atoms with Gasteiger partial charge in [-0.3, -0.25) is 4.79 Å². The van der Waals surface area contributed by atoms with E-state index in [1.165, 1.54) is 23.6 Å². The van der Waals surface area contributed by atoms with Crippen LogP contribution in [0, 0.1) is 0 Å². The Bertz CT molecular complexity index is 1630. The van der Waals surface area contributed by atoms with E-state index < -0.39 is 15.6 Å². The number of thiophene rings is 1. The monoisotopic (exact) mass is 480 g/mol. The van der Waals surface area contributed by atoms with Crippen molar-refractivity contribution in [1.82, 2.24) is 4.68 Å². The molecule has 11 heteroatoms. The second-order valence-electron chi connectivity index (χ2n) is 7.03. The molecule has 9 nitrogen and oxygen atoms in total. The van der Waals surface area contributed by atoms with Crippen LogP contribution >= 0.6 is 11.3 Å². The minimum absolute atomic E-state index is 0.0122. The minimum atomic E-state index is -4.07. The van der Waals surface area contributed by atoms with Gasteiger partial charge in [-0.15, -0.1) is 15.7 Å². The molecule has 1 aliphatic rings. The molecule has 0 amide bonds. The van der Waals surface area contributed by atoms with E-state index in [0.717, 1.165) is 4.68 Å². The molecule has 0 unspecified atom stereocenters. The second-order valence-corrected chi connectivity index (χ2v) is 9.52. The normalized spacial score (nSPS) is 14.6. The molecule has 166 valence electrons. The zero-order chi connectivity index (χ0) is 23.2. The summed E-state index contributed by atoms with van der Waals surface area (Å²) in [7, 11) is -2.52. The van der Waals surface area contributed by atoms with Gasteiger partial charge in [-0.25, -0.2) is 0 Å². The third-order valence-electron chi connectivity index (χ3n) is 5.01. The summed E-state index contributed by atoms with van der Waals surface area (Å²) < 4.78 is 35.8. The fourth-order valence-electron chi connectivity index (χ4n) is 3.47. The Kier molecular flexibility index (Phi) is 4.99. The van der Waals surface area contributed by atoms with Crippen molar-refractivity contribution in [1.29, 1.82) is 0 Å². The molecule has 0 saturated heterocycles. The third kappa shape index (κ3) is 3.56. The van der Waals surface area contributed by atoms with Crippen molar-refractivity contribution in [3.63, 3.8) is 0 Å². The van der Waals surface area contributed by atoms with E-state index >= 15 is 0 Å². The number of pyridine rings is 1. The smallest absolute Gasteiger partial charge is 0.286 e. The van der Waals surface area contributed by atoms with Gasteiger partial charge in [-0.2, -0.15) is 18.2 Å². The summed E-state index contributed by atoms with van der Waals surface area (Å²) in [5.41, 5.74) is 0.317. The Morgan fingerprint density at radius 2 is 2.00 bits per heavy atom. The molecule has 5 rings (SSSR count). The molecule has 4 aromatic rings. The second kappa shape index (κ2) is 7.87. The average molecular weight is 481 g/mol. The minimum Gasteiger partial charge on any atom is -0.505 e. The number of amidine groups is 1. The summed E-state index contributed by atoms with van der Waals surface area (Å²) in [4.78, 5) is 13.4. The summed E-state index contributed by atoms with van der Waals surface area (Å²) in [6.45, 7) is 0. The number of aromatic hydroxyl groups is 1. The molecule has 1 aliphatic heterocycles. The number of rotatable bonds is 4. The number of para-hydroxylation sites is 1. The number of fused-ring (bicyclic) bond motifs is 2. The first-order valence-electron chi connectivity index (χ1n) is 9.64. The van der Waals surface area contributed by atoms with Crippen molar-refractivity contribution in [2.24, 2.45) is 9.50 Å². The van der Waals surface area contributed by atoms with Crippen LogP contribution < -0.4 is 15.6 Å². The first kappa shape index (κ1) is 20.9. The number of anilines is 1. The van der Waals surface area contributed by atoms with E-state index in [9.17, 15) is 18.3 Å². The van der Waals surface area contributed by atoms with Crippen LogP contribution in [0.4, 0.5) is 5.69 Å². The number of methoxy groups -OCH3 is 1. The summed E-state index contributed by atoms with van der Waals surface area (Å²) >= 11 is 1.19. The molecule has 0 aliphatic carbocycles. The zero-order valence-corrected chi connectivity index (χ0v) is 18.7. The van der Waals surface area contributed by atoms with Crippen molar-refractivity contribution in [2.75, 3.05) is 12.4 Å². The maximum atomic E-state index is 13.4. The summed E-state index contributed by atoms with van der Waals surface area (Å²) in [6, 6.07) is 15.0. The first-order chi connectivity index (χ1) is 15.9. The molecule has 2 aromatic heterocycles. The lowest BCUT2D eigenvalue weighted by molar-refractivity contribution is 0.414. The van der Waals surface area contributed by atoms with Gasteiger partial charge in [0, 0.05) is 0 Å². The predicted molar refractivity (Wildman–Crippen MR) is 128 cm³/mol. The Balaban J connectivity index is 1.70. The Morgan fingerprint density at radius 1 is 1.18 bits per heavy atom. The van der Waals surface area contributed by atoms with E-state index in [4.69, 9.17) is 4.74 Å². The van der Waals surface area contributed by atoms with Crippen LogP contribution in [0.5, 0.6) is 11.5 Å². The van der Waals surface area contributed by atoms with Crippen molar-refractivity contribution in [3.8, 4) is 11.5 Å². The fourth-order valence-corrected chi connectivity index (χ4v) is 5.42. The van der Waals surface area contributed by atoms with Gasteiger partial charge in [0.1, 0.15) is 16.2 Å². The molecular weight excluding hydrogens is 464 g/mol.